The van der Waals surface area contributed by atoms with Crippen LogP contribution in [-0.2, 0) is 9.59 Å². The zero-order valence-corrected chi connectivity index (χ0v) is 10.8. The van der Waals surface area contributed by atoms with Gasteiger partial charge in [0.05, 0.1) is 0 Å². The summed E-state index contributed by atoms with van der Waals surface area (Å²) < 4.78 is 0. The molecule has 0 rings (SSSR count). The van der Waals surface area contributed by atoms with Crippen LogP contribution in [-0.4, -0.2) is 39.3 Å². The lowest BCUT2D eigenvalue weighted by Gasteiger charge is -2.23. The van der Waals surface area contributed by atoms with E-state index in [1.807, 2.05) is 0 Å². The number of hydrogen-bond donors (Lipinski definition) is 4. The minimum Gasteiger partial charge on any atom is -0.396 e. The van der Waals surface area contributed by atoms with Gasteiger partial charge in [-0.25, -0.2) is 5.48 Å². The number of hydroxylamine groups is 1. The van der Waals surface area contributed by atoms with Crippen molar-refractivity contribution in [3.8, 4) is 0 Å². The average molecular weight is 261 g/mol. The summed E-state index contributed by atoms with van der Waals surface area (Å²) in [5, 5.41) is 27.1. The highest BCUT2D eigenvalue weighted by Crippen LogP contribution is 2.17. The zero-order valence-electron chi connectivity index (χ0n) is 10.8. The standard InChI is InChI=1S/C12H23NO5/c1-2-3-4-5-6-7-10(15)12(17,8-9-14)11(16)13-18/h14,17-18H,2-9H2,1H3,(H,13,16). The summed E-state index contributed by atoms with van der Waals surface area (Å²) in [7, 11) is 0. The van der Waals surface area contributed by atoms with Crippen LogP contribution >= 0.6 is 0 Å². The Morgan fingerprint density at radius 3 is 2.28 bits per heavy atom. The van der Waals surface area contributed by atoms with E-state index in [1.54, 1.807) is 0 Å². The maximum Gasteiger partial charge on any atom is 0.283 e. The van der Waals surface area contributed by atoms with Crippen LogP contribution in [0.1, 0.15) is 51.9 Å². The van der Waals surface area contributed by atoms with Crippen LogP contribution in [0, 0.1) is 0 Å². The Morgan fingerprint density at radius 2 is 1.78 bits per heavy atom. The van der Waals surface area contributed by atoms with E-state index in [0.29, 0.717) is 6.42 Å². The van der Waals surface area contributed by atoms with Crippen molar-refractivity contribution in [2.24, 2.45) is 0 Å². The summed E-state index contributed by atoms with van der Waals surface area (Å²) >= 11 is 0. The molecule has 1 unspecified atom stereocenters. The van der Waals surface area contributed by atoms with Crippen LogP contribution in [0.3, 0.4) is 0 Å². The van der Waals surface area contributed by atoms with Gasteiger partial charge in [-0.2, -0.15) is 0 Å². The first-order valence-corrected chi connectivity index (χ1v) is 6.34. The summed E-state index contributed by atoms with van der Waals surface area (Å²) in [6.07, 6.45) is 4.29. The average Bonchev–Trinajstić information content (AvgIpc) is 2.37. The van der Waals surface area contributed by atoms with Crippen molar-refractivity contribution in [3.05, 3.63) is 0 Å². The molecule has 0 aliphatic rings. The summed E-state index contributed by atoms with van der Waals surface area (Å²) in [5.74, 6) is -1.85. The fourth-order valence-corrected chi connectivity index (χ4v) is 1.73. The Labute approximate surface area is 107 Å². The van der Waals surface area contributed by atoms with Crippen LogP contribution in [0.4, 0.5) is 0 Å². The number of ketones is 1. The van der Waals surface area contributed by atoms with Gasteiger partial charge in [0.2, 0.25) is 5.60 Å². The minimum atomic E-state index is -2.33. The van der Waals surface area contributed by atoms with Crippen LogP contribution in [0.2, 0.25) is 0 Å². The first-order chi connectivity index (χ1) is 8.52. The van der Waals surface area contributed by atoms with E-state index in [4.69, 9.17) is 10.3 Å². The number of aliphatic hydroxyl groups is 2. The van der Waals surface area contributed by atoms with Gasteiger partial charge >= 0.3 is 0 Å². The van der Waals surface area contributed by atoms with E-state index in [1.165, 1.54) is 5.48 Å². The van der Waals surface area contributed by atoms with Crippen molar-refractivity contribution in [1.82, 2.24) is 5.48 Å². The molecule has 1 atom stereocenters. The van der Waals surface area contributed by atoms with Crippen molar-refractivity contribution in [1.29, 1.82) is 0 Å². The molecule has 0 heterocycles. The van der Waals surface area contributed by atoms with Gasteiger partial charge in [-0.3, -0.25) is 14.8 Å². The van der Waals surface area contributed by atoms with Gasteiger partial charge in [-0.05, 0) is 6.42 Å². The lowest BCUT2D eigenvalue weighted by atomic mass is 9.90. The largest absolute Gasteiger partial charge is 0.396 e. The van der Waals surface area contributed by atoms with E-state index in [-0.39, 0.29) is 6.42 Å². The molecule has 0 bridgehead atoms. The van der Waals surface area contributed by atoms with E-state index in [0.717, 1.165) is 25.7 Å². The molecule has 106 valence electrons. The van der Waals surface area contributed by atoms with E-state index < -0.39 is 30.3 Å². The number of hydrogen-bond acceptors (Lipinski definition) is 5. The van der Waals surface area contributed by atoms with Gasteiger partial charge in [0.1, 0.15) is 0 Å². The van der Waals surface area contributed by atoms with Crippen LogP contribution in [0.25, 0.3) is 0 Å². The molecule has 0 saturated heterocycles. The molecule has 0 aromatic rings. The molecule has 6 nitrogen and oxygen atoms in total. The lowest BCUT2D eigenvalue weighted by Crippen LogP contribution is -2.52. The van der Waals surface area contributed by atoms with Crippen LogP contribution in [0.15, 0.2) is 0 Å². The topological polar surface area (TPSA) is 107 Å². The first kappa shape index (κ1) is 17.0. The van der Waals surface area contributed by atoms with E-state index >= 15 is 0 Å². The van der Waals surface area contributed by atoms with Gasteiger partial charge in [0.15, 0.2) is 5.78 Å². The number of aliphatic hydroxyl groups excluding tert-OH is 1. The summed E-state index contributed by atoms with van der Waals surface area (Å²) in [6, 6.07) is 0. The second kappa shape index (κ2) is 9.02. The summed E-state index contributed by atoms with van der Waals surface area (Å²) in [6.45, 7) is 1.57. The SMILES string of the molecule is CCCCCCCC(=O)C(O)(CCO)C(=O)NO. The molecule has 18 heavy (non-hydrogen) atoms. The van der Waals surface area contributed by atoms with Crippen molar-refractivity contribution in [2.75, 3.05) is 6.61 Å². The van der Waals surface area contributed by atoms with E-state index in [9.17, 15) is 14.7 Å². The quantitative estimate of drug-likeness (QED) is 0.199. The Morgan fingerprint density at radius 1 is 1.17 bits per heavy atom. The third-order valence-corrected chi connectivity index (χ3v) is 2.92. The third-order valence-electron chi connectivity index (χ3n) is 2.92. The Kier molecular flexibility index (Phi) is 8.53. The molecular weight excluding hydrogens is 238 g/mol. The number of rotatable bonds is 10. The van der Waals surface area contributed by atoms with Crippen molar-refractivity contribution in [3.63, 3.8) is 0 Å². The molecule has 4 N–H and O–H groups in total. The van der Waals surface area contributed by atoms with Gasteiger partial charge < -0.3 is 10.2 Å². The monoisotopic (exact) mass is 261 g/mol. The Bertz CT molecular complexity index is 269. The van der Waals surface area contributed by atoms with Gasteiger partial charge in [-0.1, -0.05) is 32.6 Å². The van der Waals surface area contributed by atoms with Crippen molar-refractivity contribution < 1.29 is 25.0 Å². The lowest BCUT2D eigenvalue weighted by molar-refractivity contribution is -0.160. The highest BCUT2D eigenvalue weighted by molar-refractivity contribution is 6.08. The highest BCUT2D eigenvalue weighted by Gasteiger charge is 2.42. The molecule has 0 aliphatic carbocycles. The maximum absolute atomic E-state index is 11.8. The molecule has 0 fully saturated rings. The fraction of sp³-hybridized carbons (Fsp3) is 0.833. The van der Waals surface area contributed by atoms with Crippen LogP contribution < -0.4 is 5.48 Å². The molecule has 0 radical (unpaired) electrons. The number of nitrogens with one attached hydrogen (secondary N) is 1. The summed E-state index contributed by atoms with van der Waals surface area (Å²) in [4.78, 5) is 23.0. The number of amides is 1. The number of Topliss-reactive ketones (excluding diaryl/α,β-unsaturated/α-hetero) is 1. The van der Waals surface area contributed by atoms with E-state index in [2.05, 4.69) is 6.92 Å². The first-order valence-electron chi connectivity index (χ1n) is 6.34. The van der Waals surface area contributed by atoms with Gasteiger partial charge in [0.25, 0.3) is 5.91 Å². The molecule has 1 amide bonds. The molecule has 0 saturated carbocycles. The van der Waals surface area contributed by atoms with Crippen molar-refractivity contribution in [2.45, 2.75) is 57.5 Å². The third kappa shape index (κ3) is 5.12. The number of carbonyl (C=O) groups is 2. The Hall–Kier alpha value is -0.980. The predicted molar refractivity (Wildman–Crippen MR) is 65.0 cm³/mol. The molecule has 0 spiro atoms. The normalized spacial score (nSPS) is 14.0. The summed E-state index contributed by atoms with van der Waals surface area (Å²) in [5.41, 5.74) is -1.06. The highest BCUT2D eigenvalue weighted by atomic mass is 16.5. The molecular formula is C12H23NO5. The van der Waals surface area contributed by atoms with Gasteiger partial charge in [-0.15, -0.1) is 0 Å². The number of unbranched alkanes of at least 4 members (excludes halogenated alkanes) is 4. The number of carbonyl (C=O) groups excluding carboxylic acids is 2. The zero-order chi connectivity index (χ0) is 14.0. The Balaban J connectivity index is 4.27. The molecule has 0 aromatic carbocycles. The maximum atomic E-state index is 11.8. The second-order valence-corrected chi connectivity index (χ2v) is 4.36. The predicted octanol–water partition coefficient (Wildman–Crippen LogP) is 0.535. The molecule has 6 heteroatoms. The van der Waals surface area contributed by atoms with Gasteiger partial charge in [0, 0.05) is 19.4 Å². The minimum absolute atomic E-state index is 0.0631. The molecule has 0 aliphatic heterocycles. The van der Waals surface area contributed by atoms with Crippen molar-refractivity contribution >= 4 is 11.7 Å². The fourth-order valence-electron chi connectivity index (χ4n) is 1.73. The molecule has 0 aromatic heterocycles. The second-order valence-electron chi connectivity index (χ2n) is 4.36. The van der Waals surface area contributed by atoms with Crippen LogP contribution in [0.5, 0.6) is 0 Å². The smallest absolute Gasteiger partial charge is 0.283 e.